The maximum absolute atomic E-state index is 13.1. The normalized spacial score (nSPS) is 11.3. The van der Waals surface area contributed by atoms with E-state index in [9.17, 15) is 18.0 Å². The van der Waals surface area contributed by atoms with Crippen LogP contribution in [0, 0.1) is 6.92 Å². The molecule has 10 heteroatoms. The number of amides is 2. The molecule has 0 unspecified atom stereocenters. The maximum Gasteiger partial charge on any atom is 0.254 e. The standard InChI is InChI=1S/C22H28ClN3O5S/c1-6-26(13-21(27)24-18-12-17(23)9-7-15(18)4)22(28)16-8-10-19(31-5)20(11-16)32(29,30)25-14(2)3/h7-12,14,25H,6,13H2,1-5H3,(H,24,27). The molecule has 2 rings (SSSR count). The van der Waals surface area contributed by atoms with Gasteiger partial charge in [0.25, 0.3) is 5.91 Å². The summed E-state index contributed by atoms with van der Waals surface area (Å²) >= 11 is 5.99. The van der Waals surface area contributed by atoms with Crippen LogP contribution >= 0.6 is 11.6 Å². The molecule has 32 heavy (non-hydrogen) atoms. The smallest absolute Gasteiger partial charge is 0.254 e. The van der Waals surface area contributed by atoms with E-state index in [0.29, 0.717) is 10.7 Å². The Morgan fingerprint density at radius 2 is 1.84 bits per heavy atom. The van der Waals surface area contributed by atoms with Crippen LogP contribution in [0.15, 0.2) is 41.3 Å². The molecule has 2 N–H and O–H groups in total. The minimum Gasteiger partial charge on any atom is -0.495 e. The molecule has 0 saturated carbocycles. The molecule has 2 amide bonds. The van der Waals surface area contributed by atoms with Crippen LogP contribution in [-0.4, -0.2) is 51.4 Å². The maximum atomic E-state index is 13.1. The van der Waals surface area contributed by atoms with E-state index in [1.807, 2.05) is 6.92 Å². The predicted molar refractivity (Wildman–Crippen MR) is 125 cm³/mol. The molecule has 0 aromatic heterocycles. The van der Waals surface area contributed by atoms with Gasteiger partial charge in [0.15, 0.2) is 0 Å². The third-order valence-corrected chi connectivity index (χ3v) is 6.48. The lowest BCUT2D eigenvalue weighted by Crippen LogP contribution is -2.38. The van der Waals surface area contributed by atoms with E-state index < -0.39 is 21.8 Å². The molecule has 0 aliphatic rings. The summed E-state index contributed by atoms with van der Waals surface area (Å²) in [7, 11) is -2.55. The molecule has 8 nitrogen and oxygen atoms in total. The molecule has 0 saturated heterocycles. The number of ether oxygens (including phenoxy) is 1. The van der Waals surface area contributed by atoms with Crippen LogP contribution in [0.5, 0.6) is 5.75 Å². The van der Waals surface area contributed by atoms with Crippen LogP contribution in [0.2, 0.25) is 5.02 Å². The van der Waals surface area contributed by atoms with Gasteiger partial charge in [0.05, 0.1) is 7.11 Å². The third kappa shape index (κ3) is 6.44. The number of hydrogen-bond donors (Lipinski definition) is 2. The molecule has 0 fully saturated rings. The SMILES string of the molecule is CCN(CC(=O)Nc1cc(Cl)ccc1C)C(=O)c1ccc(OC)c(S(=O)(=O)NC(C)C)c1. The second kappa shape index (κ2) is 10.8. The number of methoxy groups -OCH3 is 1. The predicted octanol–water partition coefficient (Wildman–Crippen LogP) is 3.44. The number of benzene rings is 2. The van der Waals surface area contributed by atoms with Crippen molar-refractivity contribution in [3.05, 3.63) is 52.5 Å². The molecule has 2 aromatic carbocycles. The van der Waals surface area contributed by atoms with E-state index in [1.54, 1.807) is 39.0 Å². The number of halogens is 1. The number of hydrogen-bond acceptors (Lipinski definition) is 5. The van der Waals surface area contributed by atoms with Crippen molar-refractivity contribution in [2.24, 2.45) is 0 Å². The molecule has 0 aliphatic carbocycles. The van der Waals surface area contributed by atoms with Crippen LogP contribution in [0.3, 0.4) is 0 Å². The number of carbonyl (C=O) groups is 2. The van der Waals surface area contributed by atoms with Crippen molar-refractivity contribution in [1.82, 2.24) is 9.62 Å². The number of sulfonamides is 1. The Balaban J connectivity index is 2.26. The minimum atomic E-state index is -3.90. The monoisotopic (exact) mass is 481 g/mol. The van der Waals surface area contributed by atoms with Gasteiger partial charge in [0.2, 0.25) is 15.9 Å². The van der Waals surface area contributed by atoms with Gasteiger partial charge in [-0.25, -0.2) is 13.1 Å². The quantitative estimate of drug-likeness (QED) is 0.570. The number of nitrogens with zero attached hydrogens (tertiary/aromatic N) is 1. The van der Waals surface area contributed by atoms with Crippen molar-refractivity contribution in [3.63, 3.8) is 0 Å². The molecule has 174 valence electrons. The van der Waals surface area contributed by atoms with Crippen molar-refractivity contribution in [3.8, 4) is 5.75 Å². The zero-order chi connectivity index (χ0) is 24.1. The van der Waals surface area contributed by atoms with Crippen LogP contribution in [0.25, 0.3) is 0 Å². The average Bonchev–Trinajstić information content (AvgIpc) is 2.72. The third-order valence-electron chi connectivity index (χ3n) is 4.57. The zero-order valence-corrected chi connectivity index (χ0v) is 20.3. The van der Waals surface area contributed by atoms with E-state index >= 15 is 0 Å². The largest absolute Gasteiger partial charge is 0.495 e. The molecule has 0 bridgehead atoms. The summed E-state index contributed by atoms with van der Waals surface area (Å²) in [6.07, 6.45) is 0. The Bertz CT molecular complexity index is 1100. The highest BCUT2D eigenvalue weighted by molar-refractivity contribution is 7.89. The number of carbonyl (C=O) groups excluding carboxylic acids is 2. The fraction of sp³-hybridized carbons (Fsp3) is 0.364. The first-order valence-electron chi connectivity index (χ1n) is 10.0. The van der Waals surface area contributed by atoms with E-state index in [1.165, 1.54) is 30.2 Å². The zero-order valence-electron chi connectivity index (χ0n) is 18.7. The Labute approximate surface area is 193 Å². The van der Waals surface area contributed by atoms with Gasteiger partial charge < -0.3 is 15.0 Å². The lowest BCUT2D eigenvalue weighted by Gasteiger charge is -2.21. The number of aryl methyl sites for hydroxylation is 1. The van der Waals surface area contributed by atoms with E-state index in [2.05, 4.69) is 10.0 Å². The molecule has 0 spiro atoms. The molecule has 0 heterocycles. The van der Waals surface area contributed by atoms with Crippen LogP contribution in [0.4, 0.5) is 5.69 Å². The minimum absolute atomic E-state index is 0.118. The van der Waals surface area contributed by atoms with Crippen molar-refractivity contribution in [2.75, 3.05) is 25.5 Å². The van der Waals surface area contributed by atoms with Crippen LogP contribution in [0.1, 0.15) is 36.7 Å². The van der Waals surface area contributed by atoms with Crippen molar-refractivity contribution in [2.45, 2.75) is 38.6 Å². The van der Waals surface area contributed by atoms with Crippen LogP contribution < -0.4 is 14.8 Å². The first-order valence-corrected chi connectivity index (χ1v) is 11.9. The fourth-order valence-electron chi connectivity index (χ4n) is 3.00. The summed E-state index contributed by atoms with van der Waals surface area (Å²) in [6, 6.07) is 8.95. The Morgan fingerprint density at radius 3 is 2.44 bits per heavy atom. The van der Waals surface area contributed by atoms with Gasteiger partial charge in [-0.3, -0.25) is 9.59 Å². The highest BCUT2D eigenvalue weighted by atomic mass is 35.5. The van der Waals surface area contributed by atoms with Crippen molar-refractivity contribution >= 4 is 39.1 Å². The highest BCUT2D eigenvalue weighted by Gasteiger charge is 2.24. The average molecular weight is 482 g/mol. The summed E-state index contributed by atoms with van der Waals surface area (Å²) in [6.45, 7) is 6.99. The molecule has 0 radical (unpaired) electrons. The highest BCUT2D eigenvalue weighted by Crippen LogP contribution is 2.26. The number of likely N-dealkylation sites (N-methyl/N-ethyl adjacent to an activating group) is 1. The van der Waals surface area contributed by atoms with E-state index in [4.69, 9.17) is 16.3 Å². The van der Waals surface area contributed by atoms with Gasteiger partial charge in [-0.05, 0) is 63.6 Å². The molecular weight excluding hydrogens is 454 g/mol. The Kier molecular flexibility index (Phi) is 8.65. The van der Waals surface area contributed by atoms with Gasteiger partial charge in [-0.1, -0.05) is 17.7 Å². The lowest BCUT2D eigenvalue weighted by molar-refractivity contribution is -0.116. The molecule has 0 atom stereocenters. The molecular formula is C22H28ClN3O5S. The van der Waals surface area contributed by atoms with Gasteiger partial charge >= 0.3 is 0 Å². The van der Waals surface area contributed by atoms with Crippen LogP contribution in [-0.2, 0) is 14.8 Å². The summed E-state index contributed by atoms with van der Waals surface area (Å²) in [5.74, 6) is -0.755. The second-order valence-electron chi connectivity index (χ2n) is 7.47. The molecule has 0 aliphatic heterocycles. The lowest BCUT2D eigenvalue weighted by atomic mass is 10.2. The van der Waals surface area contributed by atoms with Crippen molar-refractivity contribution in [1.29, 1.82) is 0 Å². The van der Waals surface area contributed by atoms with Gasteiger partial charge in [0.1, 0.15) is 17.2 Å². The van der Waals surface area contributed by atoms with E-state index in [-0.39, 0.29) is 35.3 Å². The number of rotatable bonds is 9. The summed E-state index contributed by atoms with van der Waals surface area (Å²) in [4.78, 5) is 26.8. The number of nitrogens with one attached hydrogen (secondary N) is 2. The topological polar surface area (TPSA) is 105 Å². The van der Waals surface area contributed by atoms with E-state index in [0.717, 1.165) is 5.56 Å². The Hall–Kier alpha value is -2.62. The molecule has 2 aromatic rings. The first-order chi connectivity index (χ1) is 15.0. The summed E-state index contributed by atoms with van der Waals surface area (Å²) < 4.78 is 33.0. The number of anilines is 1. The van der Waals surface area contributed by atoms with Gasteiger partial charge in [0, 0.05) is 28.9 Å². The second-order valence-corrected chi connectivity index (χ2v) is 9.59. The van der Waals surface area contributed by atoms with Gasteiger partial charge in [-0.15, -0.1) is 0 Å². The van der Waals surface area contributed by atoms with Gasteiger partial charge in [-0.2, -0.15) is 0 Å². The summed E-state index contributed by atoms with van der Waals surface area (Å²) in [5, 5.41) is 3.24. The fourth-order valence-corrected chi connectivity index (χ4v) is 4.61. The first kappa shape index (κ1) is 25.6. The summed E-state index contributed by atoms with van der Waals surface area (Å²) in [5.41, 5.74) is 1.52. The van der Waals surface area contributed by atoms with Crippen molar-refractivity contribution < 1.29 is 22.7 Å². The Morgan fingerprint density at radius 1 is 1.16 bits per heavy atom.